The Balaban J connectivity index is 2.97. The molecule has 1 rings (SSSR count). The van der Waals surface area contributed by atoms with Gasteiger partial charge in [0.2, 0.25) is 11.8 Å². The zero-order chi connectivity index (χ0) is 36.7. The summed E-state index contributed by atoms with van der Waals surface area (Å²) in [7, 11) is 0. The Labute approximate surface area is 278 Å². The normalized spacial score (nSPS) is 27.9. The first kappa shape index (κ1) is 44.3. The van der Waals surface area contributed by atoms with E-state index >= 15 is 0 Å². The maximum Gasteiger partial charge on any atom is 0.217 e. The molecule has 0 bridgehead atoms. The number of aliphatic hydroxyl groups excluding tert-OH is 10. The second-order valence-corrected chi connectivity index (χ2v) is 11.4. The molecule has 12 N–H and O–H groups in total. The van der Waals surface area contributed by atoms with E-state index in [0.717, 1.165) is 0 Å². The largest absolute Gasteiger partial charge is 0.394 e. The number of hydrogen-bond donors (Lipinski definition) is 12. The lowest BCUT2D eigenvalue weighted by Gasteiger charge is -2.40. The van der Waals surface area contributed by atoms with Crippen LogP contribution in [0.4, 0.5) is 0 Å². The molecule has 0 aromatic rings. The molecule has 1 aliphatic rings. The van der Waals surface area contributed by atoms with Gasteiger partial charge >= 0.3 is 0 Å². The lowest BCUT2D eigenvalue weighted by molar-refractivity contribution is -0.312. The predicted molar refractivity (Wildman–Crippen MR) is 159 cm³/mol. The second-order valence-electron chi connectivity index (χ2n) is 11.4. The average molecular weight is 707 g/mol. The van der Waals surface area contributed by atoms with Crippen LogP contribution in [0.1, 0.15) is 34.6 Å². The standard InChI is InChI=1S/C28H54N2O18/c1-12(17(6-31)29-15(4)36)44-20(8-33)14(3)46-27(18(7-32)30-16(5)37)47-21(9-34)13(2)45-26(42)19(38)11-43-28-25(41)24(40)23(39)22(10-35)48-28/h12-14,17-28,31-35,38-42H,6-11H2,1-5H3,(H,29,36)(H,30,37)/t12?,13-,14-,17-,18-,19+,20?,21?,22+,23?,24?,25?,26?,27?,28-/m0/s1. The maximum atomic E-state index is 11.8. The van der Waals surface area contributed by atoms with Gasteiger partial charge in [-0.2, -0.15) is 0 Å². The van der Waals surface area contributed by atoms with Gasteiger partial charge in [0.1, 0.15) is 48.8 Å². The third-order valence-electron chi connectivity index (χ3n) is 7.48. The Hall–Kier alpha value is -1.70. The van der Waals surface area contributed by atoms with Crippen molar-refractivity contribution in [1.29, 1.82) is 0 Å². The van der Waals surface area contributed by atoms with E-state index in [4.69, 9.17) is 28.4 Å². The second kappa shape index (κ2) is 22.2. The molecule has 0 saturated carbocycles. The fourth-order valence-corrected chi connectivity index (χ4v) is 4.58. The lowest BCUT2D eigenvalue weighted by atomic mass is 9.99. The molecule has 8 unspecified atom stereocenters. The maximum absolute atomic E-state index is 11.8. The minimum Gasteiger partial charge on any atom is -0.394 e. The summed E-state index contributed by atoms with van der Waals surface area (Å²) in [4.78, 5) is 23.3. The lowest BCUT2D eigenvalue weighted by Crippen LogP contribution is -2.59. The number of carbonyl (C=O) groups excluding carboxylic acids is 2. The summed E-state index contributed by atoms with van der Waals surface area (Å²) >= 11 is 0. The summed E-state index contributed by atoms with van der Waals surface area (Å²) in [6.45, 7) is 2.82. The Kier molecular flexibility index (Phi) is 20.5. The highest BCUT2D eigenvalue weighted by Gasteiger charge is 2.44. The van der Waals surface area contributed by atoms with Crippen LogP contribution in [-0.2, 0) is 38.0 Å². The zero-order valence-corrected chi connectivity index (χ0v) is 27.6. The average Bonchev–Trinajstić information content (AvgIpc) is 3.04. The molecular weight excluding hydrogens is 652 g/mol. The van der Waals surface area contributed by atoms with Crippen LogP contribution in [0, 0.1) is 0 Å². The molecule has 20 heteroatoms. The first-order chi connectivity index (χ1) is 22.5. The van der Waals surface area contributed by atoms with Crippen molar-refractivity contribution >= 4 is 11.8 Å². The summed E-state index contributed by atoms with van der Waals surface area (Å²) < 4.78 is 33.3. The minimum absolute atomic E-state index is 0.422. The molecule has 2 amide bonds. The number of carbonyl (C=O) groups is 2. The molecule has 0 aromatic heterocycles. The Bertz CT molecular complexity index is 920. The first-order valence-electron chi connectivity index (χ1n) is 15.4. The van der Waals surface area contributed by atoms with Crippen molar-refractivity contribution in [2.45, 2.75) is 127 Å². The first-order valence-corrected chi connectivity index (χ1v) is 15.4. The van der Waals surface area contributed by atoms with E-state index in [1.807, 2.05) is 0 Å². The number of hydrogen-bond acceptors (Lipinski definition) is 18. The van der Waals surface area contributed by atoms with E-state index in [1.165, 1.54) is 27.7 Å². The number of aliphatic hydroxyl groups is 10. The van der Waals surface area contributed by atoms with E-state index in [-0.39, 0.29) is 0 Å². The van der Waals surface area contributed by atoms with Crippen LogP contribution in [0.15, 0.2) is 0 Å². The van der Waals surface area contributed by atoms with Crippen molar-refractivity contribution in [3.05, 3.63) is 0 Å². The molecular formula is C28H54N2O18. The van der Waals surface area contributed by atoms with Gasteiger partial charge in [0.15, 0.2) is 18.9 Å². The fourth-order valence-electron chi connectivity index (χ4n) is 4.58. The fraction of sp³-hybridized carbons (Fsp3) is 0.929. The van der Waals surface area contributed by atoms with E-state index in [0.29, 0.717) is 0 Å². The number of nitrogens with one attached hydrogen (secondary N) is 2. The molecule has 1 saturated heterocycles. The minimum atomic E-state index is -1.98. The van der Waals surface area contributed by atoms with Crippen LogP contribution >= 0.6 is 0 Å². The highest BCUT2D eigenvalue weighted by molar-refractivity contribution is 5.73. The SMILES string of the molecule is CC(=O)N[C@@H](CO)C(C)OC(CO)[C@H](C)OC(OC(CO)[C@H](C)OC(O)[C@H](O)CO[C@H]1O[C@H](CO)C(O)C(O)C1O)[C@H](CO)NC(C)=O. The van der Waals surface area contributed by atoms with Gasteiger partial charge in [-0.15, -0.1) is 0 Å². The monoisotopic (exact) mass is 706 g/mol. The van der Waals surface area contributed by atoms with E-state index in [2.05, 4.69) is 10.6 Å². The van der Waals surface area contributed by atoms with Crippen molar-refractivity contribution in [3.8, 4) is 0 Å². The van der Waals surface area contributed by atoms with Gasteiger partial charge in [-0.1, -0.05) is 0 Å². The predicted octanol–water partition coefficient (Wildman–Crippen LogP) is -6.24. The van der Waals surface area contributed by atoms with Crippen LogP contribution in [0.25, 0.3) is 0 Å². The van der Waals surface area contributed by atoms with Crippen LogP contribution < -0.4 is 10.6 Å². The van der Waals surface area contributed by atoms with E-state index in [1.54, 1.807) is 6.92 Å². The zero-order valence-electron chi connectivity index (χ0n) is 27.6. The van der Waals surface area contributed by atoms with Crippen LogP contribution in [-0.4, -0.2) is 195 Å². The highest BCUT2D eigenvalue weighted by atomic mass is 16.7. The van der Waals surface area contributed by atoms with Crippen molar-refractivity contribution in [1.82, 2.24) is 10.6 Å². The number of amides is 2. The van der Waals surface area contributed by atoms with Crippen molar-refractivity contribution < 1.29 is 89.1 Å². The van der Waals surface area contributed by atoms with Gasteiger partial charge in [0.25, 0.3) is 0 Å². The van der Waals surface area contributed by atoms with Gasteiger partial charge in [-0.25, -0.2) is 0 Å². The van der Waals surface area contributed by atoms with Crippen molar-refractivity contribution in [2.75, 3.05) is 39.6 Å². The van der Waals surface area contributed by atoms with Gasteiger partial charge in [-0.3, -0.25) is 9.59 Å². The molecule has 48 heavy (non-hydrogen) atoms. The molecule has 1 heterocycles. The van der Waals surface area contributed by atoms with E-state index in [9.17, 15) is 60.7 Å². The van der Waals surface area contributed by atoms with Gasteiger partial charge in [0.05, 0.1) is 64.0 Å². The molecule has 1 fully saturated rings. The summed E-state index contributed by atoms with van der Waals surface area (Å²) in [5.41, 5.74) is 0. The molecule has 0 aliphatic carbocycles. The highest BCUT2D eigenvalue weighted by Crippen LogP contribution is 2.23. The third kappa shape index (κ3) is 13.9. The topological polar surface area (TPSA) is 316 Å². The summed E-state index contributed by atoms with van der Waals surface area (Å²) in [5, 5.41) is 105. The molecule has 1 aliphatic heterocycles. The van der Waals surface area contributed by atoms with Gasteiger partial charge in [-0.05, 0) is 20.8 Å². The summed E-state index contributed by atoms with van der Waals surface area (Å²) in [6.07, 6.45) is -18.7. The van der Waals surface area contributed by atoms with Crippen LogP contribution in [0.3, 0.4) is 0 Å². The Morgan fingerprint density at radius 1 is 0.688 bits per heavy atom. The Morgan fingerprint density at radius 2 is 1.21 bits per heavy atom. The van der Waals surface area contributed by atoms with Crippen molar-refractivity contribution in [2.24, 2.45) is 0 Å². The van der Waals surface area contributed by atoms with Gasteiger partial charge < -0.3 is 90.1 Å². The number of rotatable bonds is 23. The summed E-state index contributed by atoms with van der Waals surface area (Å²) in [5.74, 6) is -0.999. The van der Waals surface area contributed by atoms with Gasteiger partial charge in [0, 0.05) is 13.8 Å². The molecule has 284 valence electrons. The molecule has 20 nitrogen and oxygen atoms in total. The molecule has 0 radical (unpaired) electrons. The molecule has 0 aromatic carbocycles. The van der Waals surface area contributed by atoms with Crippen LogP contribution in [0.5, 0.6) is 0 Å². The molecule has 15 atom stereocenters. The third-order valence-corrected chi connectivity index (χ3v) is 7.48. The Morgan fingerprint density at radius 3 is 1.71 bits per heavy atom. The molecule has 0 spiro atoms. The quantitative estimate of drug-likeness (QED) is 0.0440. The van der Waals surface area contributed by atoms with Crippen molar-refractivity contribution in [3.63, 3.8) is 0 Å². The smallest absolute Gasteiger partial charge is 0.217 e. The van der Waals surface area contributed by atoms with E-state index < -0.39 is 143 Å². The number of ether oxygens (including phenoxy) is 6. The summed E-state index contributed by atoms with van der Waals surface area (Å²) in [6, 6.07) is -2.04. The van der Waals surface area contributed by atoms with Crippen LogP contribution in [0.2, 0.25) is 0 Å².